The molecular formula is C14H20ClN3O2. The third-order valence-electron chi connectivity index (χ3n) is 3.28. The zero-order valence-electron chi connectivity index (χ0n) is 11.6. The molecule has 0 bridgehead atoms. The lowest BCUT2D eigenvalue weighted by Crippen LogP contribution is -2.26. The zero-order valence-corrected chi connectivity index (χ0v) is 12.4. The van der Waals surface area contributed by atoms with Crippen LogP contribution in [-0.2, 0) is 4.74 Å². The van der Waals surface area contributed by atoms with Gasteiger partial charge >= 0.3 is 0 Å². The third kappa shape index (κ3) is 4.35. The smallest absolute Gasteiger partial charge is 0.251 e. The number of carbonyl (C=O) groups is 1. The monoisotopic (exact) mass is 297 g/mol. The molecule has 0 spiro atoms. The van der Waals surface area contributed by atoms with Crippen LogP contribution in [0.5, 0.6) is 0 Å². The molecule has 2 heterocycles. The second-order valence-corrected chi connectivity index (χ2v) is 5.26. The van der Waals surface area contributed by atoms with E-state index in [0.717, 1.165) is 32.6 Å². The summed E-state index contributed by atoms with van der Waals surface area (Å²) in [5.41, 5.74) is 0.531. The molecule has 1 aliphatic rings. The highest BCUT2D eigenvalue weighted by molar-refractivity contribution is 6.29. The van der Waals surface area contributed by atoms with Gasteiger partial charge < -0.3 is 15.4 Å². The summed E-state index contributed by atoms with van der Waals surface area (Å²) < 4.78 is 5.31. The van der Waals surface area contributed by atoms with Crippen LogP contribution < -0.4 is 10.6 Å². The van der Waals surface area contributed by atoms with Gasteiger partial charge in [0.1, 0.15) is 11.0 Å². The van der Waals surface area contributed by atoms with E-state index >= 15 is 0 Å². The minimum Gasteiger partial charge on any atom is -0.381 e. The van der Waals surface area contributed by atoms with Crippen molar-refractivity contribution in [1.82, 2.24) is 10.3 Å². The fourth-order valence-corrected chi connectivity index (χ4v) is 2.41. The van der Waals surface area contributed by atoms with E-state index in [0.29, 0.717) is 29.0 Å². The highest BCUT2D eigenvalue weighted by Gasteiger charge is 2.16. The molecule has 20 heavy (non-hydrogen) atoms. The molecule has 1 amide bonds. The van der Waals surface area contributed by atoms with Gasteiger partial charge in [-0.1, -0.05) is 11.6 Å². The lowest BCUT2D eigenvalue weighted by Gasteiger charge is -2.10. The fraction of sp³-hybridized carbons (Fsp3) is 0.571. The van der Waals surface area contributed by atoms with Crippen molar-refractivity contribution in [2.45, 2.75) is 19.8 Å². The summed E-state index contributed by atoms with van der Waals surface area (Å²) >= 11 is 5.92. The Kier molecular flexibility index (Phi) is 5.61. The summed E-state index contributed by atoms with van der Waals surface area (Å²) in [7, 11) is 0. The molecule has 1 saturated heterocycles. The summed E-state index contributed by atoms with van der Waals surface area (Å²) in [6.07, 6.45) is 2.03. The number of halogens is 1. The van der Waals surface area contributed by atoms with Crippen LogP contribution in [0.15, 0.2) is 12.1 Å². The highest BCUT2D eigenvalue weighted by Crippen LogP contribution is 2.16. The highest BCUT2D eigenvalue weighted by atomic mass is 35.5. The Morgan fingerprint density at radius 2 is 2.40 bits per heavy atom. The largest absolute Gasteiger partial charge is 0.381 e. The van der Waals surface area contributed by atoms with Crippen LogP contribution >= 0.6 is 11.6 Å². The maximum atomic E-state index is 12.1. The molecule has 2 rings (SSSR count). The van der Waals surface area contributed by atoms with E-state index < -0.39 is 0 Å². The first-order valence-corrected chi connectivity index (χ1v) is 7.34. The summed E-state index contributed by atoms with van der Waals surface area (Å²) in [6.45, 7) is 5.00. The number of pyridine rings is 1. The van der Waals surface area contributed by atoms with Crippen LogP contribution in [0.3, 0.4) is 0 Å². The number of carbonyl (C=O) groups excluding carboxylic acids is 1. The van der Waals surface area contributed by atoms with Crippen LogP contribution in [0.1, 0.15) is 30.1 Å². The SMILES string of the molecule is CCNc1cc(C(=O)NCCC2CCOC2)cc(Cl)n1. The average molecular weight is 298 g/mol. The van der Waals surface area contributed by atoms with Crippen LogP contribution in [-0.4, -0.2) is 37.2 Å². The topological polar surface area (TPSA) is 63.2 Å². The molecule has 1 unspecified atom stereocenters. The van der Waals surface area contributed by atoms with Gasteiger partial charge in [0.05, 0.1) is 0 Å². The zero-order chi connectivity index (χ0) is 14.4. The normalized spacial score (nSPS) is 18.0. The molecule has 6 heteroatoms. The first-order valence-electron chi connectivity index (χ1n) is 6.96. The molecule has 0 saturated carbocycles. The minimum atomic E-state index is -0.118. The van der Waals surface area contributed by atoms with E-state index in [1.165, 1.54) is 0 Å². The lowest BCUT2D eigenvalue weighted by molar-refractivity contribution is 0.0950. The second-order valence-electron chi connectivity index (χ2n) is 4.87. The average Bonchev–Trinajstić information content (AvgIpc) is 2.91. The Labute approximate surface area is 124 Å². The summed E-state index contributed by atoms with van der Waals surface area (Å²) in [5, 5.41) is 6.28. The Morgan fingerprint density at radius 1 is 1.55 bits per heavy atom. The van der Waals surface area contributed by atoms with Crippen molar-refractivity contribution in [3.05, 3.63) is 22.8 Å². The van der Waals surface area contributed by atoms with Gasteiger partial charge in [-0.15, -0.1) is 0 Å². The van der Waals surface area contributed by atoms with Gasteiger partial charge in [0.25, 0.3) is 5.91 Å². The Morgan fingerprint density at radius 3 is 3.10 bits per heavy atom. The number of nitrogens with one attached hydrogen (secondary N) is 2. The van der Waals surface area contributed by atoms with Crippen molar-refractivity contribution in [2.75, 3.05) is 31.6 Å². The van der Waals surface area contributed by atoms with Crippen molar-refractivity contribution in [3.63, 3.8) is 0 Å². The fourth-order valence-electron chi connectivity index (χ4n) is 2.20. The molecule has 0 radical (unpaired) electrons. The van der Waals surface area contributed by atoms with E-state index in [2.05, 4.69) is 15.6 Å². The number of ether oxygens (including phenoxy) is 1. The number of anilines is 1. The second kappa shape index (κ2) is 7.45. The Bertz CT molecular complexity index is 462. The lowest BCUT2D eigenvalue weighted by atomic mass is 10.1. The van der Waals surface area contributed by atoms with Gasteiger partial charge in [-0.3, -0.25) is 4.79 Å². The van der Waals surface area contributed by atoms with E-state index in [1.807, 2.05) is 6.92 Å². The molecule has 5 nitrogen and oxygen atoms in total. The van der Waals surface area contributed by atoms with Gasteiger partial charge in [-0.25, -0.2) is 4.98 Å². The standard InChI is InChI=1S/C14H20ClN3O2/c1-2-16-13-8-11(7-12(15)18-13)14(19)17-5-3-10-4-6-20-9-10/h7-8,10H,2-6,9H2,1H3,(H,16,18)(H,17,19). The van der Waals surface area contributed by atoms with Gasteiger partial charge in [0.15, 0.2) is 0 Å². The Balaban J connectivity index is 1.87. The quantitative estimate of drug-likeness (QED) is 0.791. The summed E-state index contributed by atoms with van der Waals surface area (Å²) in [6, 6.07) is 3.29. The molecular weight excluding hydrogens is 278 g/mol. The molecule has 1 aliphatic heterocycles. The number of amides is 1. The van der Waals surface area contributed by atoms with Crippen molar-refractivity contribution in [3.8, 4) is 0 Å². The van der Waals surface area contributed by atoms with E-state index in [-0.39, 0.29) is 5.91 Å². The summed E-state index contributed by atoms with van der Waals surface area (Å²) in [5.74, 6) is 1.07. The third-order valence-corrected chi connectivity index (χ3v) is 3.47. The minimum absolute atomic E-state index is 0.118. The van der Waals surface area contributed by atoms with E-state index in [9.17, 15) is 4.79 Å². The van der Waals surface area contributed by atoms with Crippen LogP contribution in [0.4, 0.5) is 5.82 Å². The molecule has 1 aromatic heterocycles. The van der Waals surface area contributed by atoms with E-state index in [1.54, 1.807) is 12.1 Å². The van der Waals surface area contributed by atoms with Crippen molar-refractivity contribution >= 4 is 23.3 Å². The van der Waals surface area contributed by atoms with Gasteiger partial charge in [-0.2, -0.15) is 0 Å². The van der Waals surface area contributed by atoms with Gasteiger partial charge in [0.2, 0.25) is 0 Å². The molecule has 1 aromatic rings. The molecule has 0 aromatic carbocycles. The van der Waals surface area contributed by atoms with Crippen LogP contribution in [0, 0.1) is 5.92 Å². The molecule has 0 aliphatic carbocycles. The predicted molar refractivity (Wildman–Crippen MR) is 79.3 cm³/mol. The Hall–Kier alpha value is -1.33. The van der Waals surface area contributed by atoms with Crippen LogP contribution in [0.25, 0.3) is 0 Å². The molecule has 110 valence electrons. The summed E-state index contributed by atoms with van der Waals surface area (Å²) in [4.78, 5) is 16.2. The number of hydrogen-bond acceptors (Lipinski definition) is 4. The molecule has 1 fully saturated rings. The first kappa shape index (κ1) is 15.1. The number of rotatable bonds is 6. The maximum Gasteiger partial charge on any atom is 0.251 e. The van der Waals surface area contributed by atoms with Crippen molar-refractivity contribution in [2.24, 2.45) is 5.92 Å². The first-order chi connectivity index (χ1) is 9.69. The van der Waals surface area contributed by atoms with Crippen LogP contribution in [0.2, 0.25) is 5.15 Å². The predicted octanol–water partition coefficient (Wildman–Crippen LogP) is 2.32. The number of nitrogens with zero attached hydrogens (tertiary/aromatic N) is 1. The molecule has 1 atom stereocenters. The van der Waals surface area contributed by atoms with Crippen molar-refractivity contribution in [1.29, 1.82) is 0 Å². The number of aromatic nitrogens is 1. The molecule has 2 N–H and O–H groups in total. The van der Waals surface area contributed by atoms with Gasteiger partial charge in [0, 0.05) is 31.9 Å². The van der Waals surface area contributed by atoms with Crippen molar-refractivity contribution < 1.29 is 9.53 Å². The maximum absolute atomic E-state index is 12.1. The van der Waals surface area contributed by atoms with Gasteiger partial charge in [-0.05, 0) is 37.8 Å². The number of hydrogen-bond donors (Lipinski definition) is 2. The van der Waals surface area contributed by atoms with E-state index in [4.69, 9.17) is 16.3 Å².